The Labute approximate surface area is 153 Å². The minimum absolute atomic E-state index is 0.442. The third-order valence-corrected chi connectivity index (χ3v) is 3.73. The fourth-order valence-electron chi connectivity index (χ4n) is 2.32. The number of nitrogens with zero attached hydrogens (tertiary/aromatic N) is 1. The molecule has 26 heavy (non-hydrogen) atoms. The predicted octanol–water partition coefficient (Wildman–Crippen LogP) is 4.65. The van der Waals surface area contributed by atoms with Gasteiger partial charge in [0, 0.05) is 16.7 Å². The van der Waals surface area contributed by atoms with E-state index >= 15 is 0 Å². The summed E-state index contributed by atoms with van der Waals surface area (Å²) in [5.74, 6) is 7.17. The SMILES string of the molecule is COc1ccc(C#Cc2ccccc2/C=N/OCc2ccccc2)cc1. The third kappa shape index (κ3) is 4.99. The van der Waals surface area contributed by atoms with E-state index in [9.17, 15) is 0 Å². The molecule has 0 bridgehead atoms. The van der Waals surface area contributed by atoms with Gasteiger partial charge in [0.1, 0.15) is 12.4 Å². The Morgan fingerprint density at radius 3 is 2.35 bits per heavy atom. The van der Waals surface area contributed by atoms with Crippen LogP contribution in [-0.4, -0.2) is 13.3 Å². The molecule has 3 heteroatoms. The molecule has 0 amide bonds. The van der Waals surface area contributed by atoms with Gasteiger partial charge in [0.25, 0.3) is 0 Å². The monoisotopic (exact) mass is 341 g/mol. The standard InChI is InChI=1S/C23H19NO2/c1-25-23-15-12-19(13-16-23)11-14-21-9-5-6-10-22(21)17-24-26-18-20-7-3-2-4-8-20/h2-10,12-13,15-17H,18H2,1H3/b24-17+. The maximum atomic E-state index is 5.37. The van der Waals surface area contributed by atoms with Crippen molar-refractivity contribution in [3.05, 3.63) is 101 Å². The molecule has 0 N–H and O–H groups in total. The lowest BCUT2D eigenvalue weighted by Gasteiger charge is -2.00. The van der Waals surface area contributed by atoms with Crippen LogP contribution in [0.15, 0.2) is 84.0 Å². The van der Waals surface area contributed by atoms with Crippen LogP contribution in [0.1, 0.15) is 22.3 Å². The lowest BCUT2D eigenvalue weighted by atomic mass is 10.1. The second-order valence-corrected chi connectivity index (χ2v) is 5.56. The summed E-state index contributed by atoms with van der Waals surface area (Å²) in [4.78, 5) is 5.37. The van der Waals surface area contributed by atoms with Gasteiger partial charge < -0.3 is 9.57 Å². The molecule has 3 nitrogen and oxygen atoms in total. The fraction of sp³-hybridized carbons (Fsp3) is 0.0870. The van der Waals surface area contributed by atoms with Crippen molar-refractivity contribution < 1.29 is 9.57 Å². The van der Waals surface area contributed by atoms with Crippen LogP contribution >= 0.6 is 0 Å². The lowest BCUT2D eigenvalue weighted by molar-refractivity contribution is 0.132. The van der Waals surface area contributed by atoms with Crippen LogP contribution in [0.4, 0.5) is 0 Å². The highest BCUT2D eigenvalue weighted by Gasteiger charge is 1.97. The van der Waals surface area contributed by atoms with Crippen molar-refractivity contribution >= 4 is 6.21 Å². The second kappa shape index (κ2) is 9.10. The number of benzene rings is 3. The van der Waals surface area contributed by atoms with E-state index in [-0.39, 0.29) is 0 Å². The van der Waals surface area contributed by atoms with Gasteiger partial charge in [-0.25, -0.2) is 0 Å². The second-order valence-electron chi connectivity index (χ2n) is 5.56. The van der Waals surface area contributed by atoms with Crippen molar-refractivity contribution in [1.29, 1.82) is 0 Å². The molecule has 0 unspecified atom stereocenters. The molecule has 0 saturated heterocycles. The summed E-state index contributed by atoms with van der Waals surface area (Å²) in [6.45, 7) is 0.442. The Balaban J connectivity index is 1.68. The van der Waals surface area contributed by atoms with Crippen molar-refractivity contribution in [1.82, 2.24) is 0 Å². The topological polar surface area (TPSA) is 30.8 Å². The number of hydrogen-bond acceptors (Lipinski definition) is 3. The Hall–Kier alpha value is -3.51. The molecule has 0 aliphatic rings. The lowest BCUT2D eigenvalue weighted by Crippen LogP contribution is -1.90. The van der Waals surface area contributed by atoms with E-state index in [0.717, 1.165) is 28.0 Å². The smallest absolute Gasteiger partial charge is 0.142 e. The van der Waals surface area contributed by atoms with Gasteiger partial charge in [-0.2, -0.15) is 0 Å². The Morgan fingerprint density at radius 2 is 1.58 bits per heavy atom. The fourth-order valence-corrected chi connectivity index (χ4v) is 2.32. The van der Waals surface area contributed by atoms with Gasteiger partial charge >= 0.3 is 0 Å². The van der Waals surface area contributed by atoms with E-state index in [1.165, 1.54) is 0 Å². The first kappa shape index (κ1) is 17.3. The summed E-state index contributed by atoms with van der Waals surface area (Å²) in [7, 11) is 1.65. The third-order valence-electron chi connectivity index (χ3n) is 3.73. The van der Waals surface area contributed by atoms with Crippen molar-refractivity contribution in [2.24, 2.45) is 5.16 Å². The Kier molecular flexibility index (Phi) is 6.06. The molecule has 3 aromatic rings. The molecule has 0 radical (unpaired) electrons. The van der Waals surface area contributed by atoms with Crippen molar-refractivity contribution in [2.45, 2.75) is 6.61 Å². The molecule has 0 fully saturated rings. The van der Waals surface area contributed by atoms with Crippen molar-refractivity contribution in [3.8, 4) is 17.6 Å². The zero-order chi connectivity index (χ0) is 18.0. The molecule has 0 aromatic heterocycles. The average molecular weight is 341 g/mol. The number of oxime groups is 1. The first-order chi connectivity index (χ1) is 12.8. The molecule has 0 saturated carbocycles. The van der Waals surface area contributed by atoms with E-state index < -0.39 is 0 Å². The van der Waals surface area contributed by atoms with Gasteiger partial charge in [-0.05, 0) is 35.9 Å². The van der Waals surface area contributed by atoms with Crippen LogP contribution in [0.25, 0.3) is 0 Å². The van der Waals surface area contributed by atoms with Gasteiger partial charge in [-0.3, -0.25) is 0 Å². The molecule has 3 rings (SSSR count). The molecular weight excluding hydrogens is 322 g/mol. The predicted molar refractivity (Wildman–Crippen MR) is 104 cm³/mol. The Morgan fingerprint density at radius 1 is 0.846 bits per heavy atom. The first-order valence-corrected chi connectivity index (χ1v) is 8.29. The zero-order valence-corrected chi connectivity index (χ0v) is 14.6. The summed E-state index contributed by atoms with van der Waals surface area (Å²) in [6.07, 6.45) is 1.70. The maximum Gasteiger partial charge on any atom is 0.142 e. The summed E-state index contributed by atoms with van der Waals surface area (Å²) in [5, 5.41) is 4.07. The number of hydrogen-bond donors (Lipinski definition) is 0. The van der Waals surface area contributed by atoms with E-state index in [1.54, 1.807) is 13.3 Å². The highest BCUT2D eigenvalue weighted by Crippen LogP contribution is 2.11. The summed E-state index contributed by atoms with van der Waals surface area (Å²) < 4.78 is 5.16. The zero-order valence-electron chi connectivity index (χ0n) is 14.6. The summed E-state index contributed by atoms with van der Waals surface area (Å²) in [5.41, 5.74) is 3.83. The first-order valence-electron chi connectivity index (χ1n) is 8.29. The molecule has 0 aliphatic heterocycles. The molecular formula is C23H19NO2. The van der Waals surface area contributed by atoms with Gasteiger partial charge in [0.15, 0.2) is 0 Å². The summed E-state index contributed by atoms with van der Waals surface area (Å²) in [6, 6.07) is 25.5. The molecule has 3 aromatic carbocycles. The van der Waals surface area contributed by atoms with Crippen molar-refractivity contribution in [3.63, 3.8) is 0 Å². The highest BCUT2D eigenvalue weighted by molar-refractivity contribution is 5.83. The van der Waals surface area contributed by atoms with E-state index in [1.807, 2.05) is 78.9 Å². The molecule has 0 aliphatic carbocycles. The van der Waals surface area contributed by atoms with E-state index in [4.69, 9.17) is 9.57 Å². The van der Waals surface area contributed by atoms with Crippen LogP contribution < -0.4 is 4.74 Å². The van der Waals surface area contributed by atoms with Crippen LogP contribution in [0.2, 0.25) is 0 Å². The van der Waals surface area contributed by atoms with Crippen molar-refractivity contribution in [2.75, 3.05) is 7.11 Å². The Bertz CT molecular complexity index is 920. The normalized spacial score (nSPS) is 10.2. The van der Waals surface area contributed by atoms with Crippen LogP contribution in [-0.2, 0) is 11.4 Å². The molecule has 0 heterocycles. The van der Waals surface area contributed by atoms with Crippen LogP contribution in [0.5, 0.6) is 5.75 Å². The highest BCUT2D eigenvalue weighted by atomic mass is 16.6. The largest absolute Gasteiger partial charge is 0.497 e. The van der Waals surface area contributed by atoms with Gasteiger partial charge in [0.05, 0.1) is 13.3 Å². The number of ether oxygens (including phenoxy) is 1. The van der Waals surface area contributed by atoms with Crippen LogP contribution in [0, 0.1) is 11.8 Å². The minimum atomic E-state index is 0.442. The van der Waals surface area contributed by atoms with Gasteiger partial charge in [-0.15, -0.1) is 0 Å². The maximum absolute atomic E-state index is 5.37. The minimum Gasteiger partial charge on any atom is -0.497 e. The van der Waals surface area contributed by atoms with Gasteiger partial charge in [-0.1, -0.05) is 65.5 Å². The van der Waals surface area contributed by atoms with E-state index in [2.05, 4.69) is 17.0 Å². The van der Waals surface area contributed by atoms with Gasteiger partial charge in [0.2, 0.25) is 0 Å². The number of rotatable bonds is 5. The molecule has 0 atom stereocenters. The average Bonchev–Trinajstić information content (AvgIpc) is 2.71. The summed E-state index contributed by atoms with van der Waals surface area (Å²) >= 11 is 0. The number of methoxy groups -OCH3 is 1. The quantitative estimate of drug-likeness (QED) is 0.384. The molecule has 0 spiro atoms. The van der Waals surface area contributed by atoms with Crippen LogP contribution in [0.3, 0.4) is 0 Å². The molecule has 128 valence electrons. The van der Waals surface area contributed by atoms with E-state index in [0.29, 0.717) is 6.61 Å².